The summed E-state index contributed by atoms with van der Waals surface area (Å²) in [5.41, 5.74) is 0.792. The van der Waals surface area contributed by atoms with E-state index in [0.717, 1.165) is 18.5 Å². The Morgan fingerprint density at radius 3 is 2.95 bits per heavy atom. The highest BCUT2D eigenvalue weighted by Crippen LogP contribution is 2.16. The van der Waals surface area contributed by atoms with Crippen LogP contribution in [0.3, 0.4) is 0 Å². The van der Waals surface area contributed by atoms with Gasteiger partial charge in [0.2, 0.25) is 0 Å². The number of ether oxygens (including phenoxy) is 1. The average molecular weight is 280 g/mol. The maximum absolute atomic E-state index is 13.4. The van der Waals surface area contributed by atoms with Crippen LogP contribution >= 0.6 is 0 Å². The van der Waals surface area contributed by atoms with Gasteiger partial charge >= 0.3 is 0 Å². The van der Waals surface area contributed by atoms with E-state index in [9.17, 15) is 9.18 Å². The van der Waals surface area contributed by atoms with Gasteiger partial charge < -0.3 is 15.4 Å². The molecule has 2 N–H and O–H groups in total. The van der Waals surface area contributed by atoms with Gasteiger partial charge in [0.15, 0.2) is 6.61 Å². The van der Waals surface area contributed by atoms with Gasteiger partial charge in [0, 0.05) is 19.2 Å². The molecule has 1 aromatic carbocycles. The van der Waals surface area contributed by atoms with E-state index in [1.54, 1.807) is 12.1 Å². The van der Waals surface area contributed by atoms with Crippen LogP contribution in [-0.2, 0) is 11.3 Å². The summed E-state index contributed by atoms with van der Waals surface area (Å²) in [7, 11) is 0. The van der Waals surface area contributed by atoms with Crippen molar-refractivity contribution in [3.05, 3.63) is 42.2 Å². The molecule has 0 aliphatic carbocycles. The SMILES string of the molecule is C=CCNC(=O)COc1cc(F)cc(CNCCC)c1. The maximum atomic E-state index is 13.4. The Morgan fingerprint density at radius 1 is 1.45 bits per heavy atom. The van der Waals surface area contributed by atoms with Crippen molar-refractivity contribution in [3.63, 3.8) is 0 Å². The minimum absolute atomic E-state index is 0.140. The van der Waals surface area contributed by atoms with Crippen molar-refractivity contribution >= 4 is 5.91 Å². The lowest BCUT2D eigenvalue weighted by Crippen LogP contribution is -2.28. The van der Waals surface area contributed by atoms with Crippen LogP contribution in [0.25, 0.3) is 0 Å². The van der Waals surface area contributed by atoms with Crippen molar-refractivity contribution in [2.75, 3.05) is 19.7 Å². The van der Waals surface area contributed by atoms with Gasteiger partial charge in [-0.2, -0.15) is 0 Å². The molecule has 5 heteroatoms. The van der Waals surface area contributed by atoms with Crippen molar-refractivity contribution in [1.29, 1.82) is 0 Å². The quantitative estimate of drug-likeness (QED) is 0.537. The number of hydrogen-bond acceptors (Lipinski definition) is 3. The van der Waals surface area contributed by atoms with Gasteiger partial charge in [-0.15, -0.1) is 6.58 Å². The van der Waals surface area contributed by atoms with Gasteiger partial charge in [0.1, 0.15) is 11.6 Å². The summed E-state index contributed by atoms with van der Waals surface area (Å²) in [6, 6.07) is 4.45. The van der Waals surface area contributed by atoms with Crippen molar-refractivity contribution in [1.82, 2.24) is 10.6 Å². The van der Waals surface area contributed by atoms with Crippen LogP contribution in [0.5, 0.6) is 5.75 Å². The molecule has 0 radical (unpaired) electrons. The molecule has 1 rings (SSSR count). The van der Waals surface area contributed by atoms with Crippen molar-refractivity contribution in [2.45, 2.75) is 19.9 Å². The molecular formula is C15H21FN2O2. The third-order valence-corrected chi connectivity index (χ3v) is 2.50. The summed E-state index contributed by atoms with van der Waals surface area (Å²) in [5.74, 6) is -0.283. The molecule has 0 aromatic heterocycles. The number of hydrogen-bond donors (Lipinski definition) is 2. The largest absolute Gasteiger partial charge is 0.484 e. The van der Waals surface area contributed by atoms with E-state index in [2.05, 4.69) is 24.1 Å². The van der Waals surface area contributed by atoms with E-state index < -0.39 is 0 Å². The molecule has 1 amide bonds. The molecule has 0 spiro atoms. The van der Waals surface area contributed by atoms with Gasteiger partial charge in [0.25, 0.3) is 5.91 Å². The maximum Gasteiger partial charge on any atom is 0.258 e. The molecule has 0 aliphatic heterocycles. The summed E-state index contributed by atoms with van der Waals surface area (Å²) in [5, 5.41) is 5.77. The second-order valence-electron chi connectivity index (χ2n) is 4.35. The first-order chi connectivity index (χ1) is 9.65. The fraction of sp³-hybridized carbons (Fsp3) is 0.400. The first-order valence-corrected chi connectivity index (χ1v) is 6.66. The topological polar surface area (TPSA) is 50.4 Å². The molecule has 0 aliphatic rings. The molecule has 20 heavy (non-hydrogen) atoms. The Bertz CT molecular complexity index is 449. The summed E-state index contributed by atoms with van der Waals surface area (Å²) in [6.45, 7) is 7.25. The molecule has 1 aromatic rings. The highest BCUT2D eigenvalue weighted by atomic mass is 19.1. The van der Waals surface area contributed by atoms with Crippen LogP contribution in [0.1, 0.15) is 18.9 Å². The Morgan fingerprint density at radius 2 is 2.25 bits per heavy atom. The Balaban J connectivity index is 2.52. The van der Waals surface area contributed by atoms with Crippen molar-refractivity contribution in [2.24, 2.45) is 0 Å². The second kappa shape index (κ2) is 9.09. The normalized spacial score (nSPS) is 10.1. The molecule has 4 nitrogen and oxygen atoms in total. The number of rotatable bonds is 9. The number of carbonyl (C=O) groups excluding carboxylic acids is 1. The van der Waals surface area contributed by atoms with Crippen LogP contribution in [-0.4, -0.2) is 25.6 Å². The number of carbonyl (C=O) groups is 1. The summed E-state index contributed by atoms with van der Waals surface area (Å²) in [6.07, 6.45) is 2.60. The lowest BCUT2D eigenvalue weighted by Gasteiger charge is -2.09. The number of amides is 1. The van der Waals surface area contributed by atoms with Crippen LogP contribution < -0.4 is 15.4 Å². The molecule has 0 unspecified atom stereocenters. The first kappa shape index (κ1) is 16.2. The molecule has 0 fully saturated rings. The molecular weight excluding hydrogens is 259 g/mol. The van der Waals surface area contributed by atoms with E-state index in [1.807, 2.05) is 0 Å². The average Bonchev–Trinajstić information content (AvgIpc) is 2.42. The fourth-order valence-electron chi connectivity index (χ4n) is 1.60. The van der Waals surface area contributed by atoms with Gasteiger partial charge in [-0.3, -0.25) is 4.79 Å². The monoisotopic (exact) mass is 280 g/mol. The molecule has 0 heterocycles. The molecule has 0 bridgehead atoms. The summed E-state index contributed by atoms with van der Waals surface area (Å²) >= 11 is 0. The lowest BCUT2D eigenvalue weighted by atomic mass is 10.2. The smallest absolute Gasteiger partial charge is 0.258 e. The summed E-state index contributed by atoms with van der Waals surface area (Å²) < 4.78 is 18.7. The van der Waals surface area contributed by atoms with E-state index in [-0.39, 0.29) is 18.3 Å². The number of benzene rings is 1. The predicted octanol–water partition coefficient (Wildman–Crippen LogP) is 2.01. The van der Waals surface area contributed by atoms with Gasteiger partial charge in [-0.05, 0) is 30.7 Å². The summed E-state index contributed by atoms with van der Waals surface area (Å²) in [4.78, 5) is 11.4. The Kier molecular flexibility index (Phi) is 7.35. The van der Waals surface area contributed by atoms with E-state index in [1.165, 1.54) is 12.1 Å². The number of nitrogens with one attached hydrogen (secondary N) is 2. The van der Waals surface area contributed by atoms with E-state index in [0.29, 0.717) is 18.8 Å². The second-order valence-corrected chi connectivity index (χ2v) is 4.35. The highest BCUT2D eigenvalue weighted by molar-refractivity contribution is 5.77. The van der Waals surface area contributed by atoms with E-state index >= 15 is 0 Å². The first-order valence-electron chi connectivity index (χ1n) is 6.66. The molecule has 0 saturated heterocycles. The molecule has 0 saturated carbocycles. The molecule has 0 atom stereocenters. The Hall–Kier alpha value is -1.88. The van der Waals surface area contributed by atoms with Crippen LogP contribution in [0, 0.1) is 5.82 Å². The minimum Gasteiger partial charge on any atom is -0.484 e. The zero-order valence-electron chi connectivity index (χ0n) is 11.7. The van der Waals surface area contributed by atoms with Crippen LogP contribution in [0.2, 0.25) is 0 Å². The highest BCUT2D eigenvalue weighted by Gasteiger charge is 2.05. The fourth-order valence-corrected chi connectivity index (χ4v) is 1.60. The minimum atomic E-state index is -0.373. The van der Waals surface area contributed by atoms with Crippen LogP contribution in [0.4, 0.5) is 4.39 Å². The van der Waals surface area contributed by atoms with Crippen molar-refractivity contribution < 1.29 is 13.9 Å². The van der Waals surface area contributed by atoms with Gasteiger partial charge in [-0.1, -0.05) is 13.0 Å². The zero-order valence-corrected chi connectivity index (χ0v) is 11.7. The predicted molar refractivity (Wildman–Crippen MR) is 77.1 cm³/mol. The third-order valence-electron chi connectivity index (χ3n) is 2.50. The van der Waals surface area contributed by atoms with Crippen molar-refractivity contribution in [3.8, 4) is 5.75 Å². The third kappa shape index (κ3) is 6.33. The standard InChI is InChI=1S/C15H21FN2O2/c1-3-5-17-10-12-7-13(16)9-14(8-12)20-11-15(19)18-6-4-2/h4,7-9,17H,2-3,5-6,10-11H2,1H3,(H,18,19). The van der Waals surface area contributed by atoms with Gasteiger partial charge in [0.05, 0.1) is 0 Å². The van der Waals surface area contributed by atoms with Gasteiger partial charge in [-0.25, -0.2) is 4.39 Å². The lowest BCUT2D eigenvalue weighted by molar-refractivity contribution is -0.122. The van der Waals surface area contributed by atoms with Crippen LogP contribution in [0.15, 0.2) is 30.9 Å². The number of halogens is 1. The van der Waals surface area contributed by atoms with E-state index in [4.69, 9.17) is 4.74 Å². The zero-order chi connectivity index (χ0) is 14.8. The molecule has 110 valence electrons. The Labute approximate surface area is 119 Å².